The zero-order valence-corrected chi connectivity index (χ0v) is 13.5. The first-order valence-corrected chi connectivity index (χ1v) is 8.39. The molecule has 1 aromatic carbocycles. The third kappa shape index (κ3) is 3.13. The van der Waals surface area contributed by atoms with Crippen molar-refractivity contribution < 1.29 is 14.8 Å². The SMILES string of the molecule is COc1cc(N2CCC[C@@H]2[C@H]2CCCC[C@@H]2O)ccc1[N+](=O)[O-]. The number of methoxy groups -OCH3 is 1. The Morgan fingerprint density at radius 3 is 2.74 bits per heavy atom. The number of nitro groups is 1. The molecule has 0 unspecified atom stereocenters. The molecular weight excluding hydrogens is 296 g/mol. The molecule has 1 heterocycles. The van der Waals surface area contributed by atoms with Gasteiger partial charge in [-0.15, -0.1) is 0 Å². The Morgan fingerprint density at radius 2 is 2.04 bits per heavy atom. The summed E-state index contributed by atoms with van der Waals surface area (Å²) in [4.78, 5) is 12.9. The highest BCUT2D eigenvalue weighted by atomic mass is 16.6. The van der Waals surface area contributed by atoms with Crippen LogP contribution in [0, 0.1) is 16.0 Å². The van der Waals surface area contributed by atoms with Gasteiger partial charge < -0.3 is 14.7 Å². The number of nitrogens with zero attached hydrogens (tertiary/aromatic N) is 2. The van der Waals surface area contributed by atoms with Crippen LogP contribution >= 0.6 is 0 Å². The minimum Gasteiger partial charge on any atom is -0.490 e. The van der Waals surface area contributed by atoms with Crippen LogP contribution in [-0.2, 0) is 0 Å². The van der Waals surface area contributed by atoms with Gasteiger partial charge in [-0.25, -0.2) is 0 Å². The number of ether oxygens (including phenoxy) is 1. The Kier molecular flexibility index (Phi) is 4.71. The Morgan fingerprint density at radius 1 is 1.26 bits per heavy atom. The third-order valence-corrected chi connectivity index (χ3v) is 5.27. The molecule has 6 nitrogen and oxygen atoms in total. The molecule has 6 heteroatoms. The second-order valence-corrected chi connectivity index (χ2v) is 6.53. The second-order valence-electron chi connectivity index (χ2n) is 6.53. The summed E-state index contributed by atoms with van der Waals surface area (Å²) in [7, 11) is 1.46. The topological polar surface area (TPSA) is 75.8 Å². The van der Waals surface area contributed by atoms with Gasteiger partial charge >= 0.3 is 5.69 Å². The lowest BCUT2D eigenvalue weighted by Gasteiger charge is -2.38. The van der Waals surface area contributed by atoms with Crippen LogP contribution in [0.5, 0.6) is 5.75 Å². The zero-order chi connectivity index (χ0) is 16.4. The van der Waals surface area contributed by atoms with Gasteiger partial charge in [-0.3, -0.25) is 10.1 Å². The van der Waals surface area contributed by atoms with Crippen molar-refractivity contribution in [2.45, 2.75) is 50.7 Å². The van der Waals surface area contributed by atoms with Crippen molar-refractivity contribution >= 4 is 11.4 Å². The predicted molar refractivity (Wildman–Crippen MR) is 88.0 cm³/mol. The Balaban J connectivity index is 1.86. The highest BCUT2D eigenvalue weighted by molar-refractivity contribution is 5.60. The quantitative estimate of drug-likeness (QED) is 0.681. The first-order chi connectivity index (χ1) is 11.1. The highest BCUT2D eigenvalue weighted by Crippen LogP contribution is 2.39. The molecule has 1 aliphatic carbocycles. The minimum atomic E-state index is -0.422. The number of aliphatic hydroxyl groups is 1. The molecule has 1 aliphatic heterocycles. The third-order valence-electron chi connectivity index (χ3n) is 5.27. The molecule has 1 aromatic rings. The molecule has 0 bridgehead atoms. The summed E-state index contributed by atoms with van der Waals surface area (Å²) >= 11 is 0. The molecule has 0 amide bonds. The van der Waals surface area contributed by atoms with E-state index in [9.17, 15) is 15.2 Å². The van der Waals surface area contributed by atoms with Gasteiger partial charge in [-0.05, 0) is 31.7 Å². The van der Waals surface area contributed by atoms with E-state index in [0.717, 1.165) is 44.3 Å². The summed E-state index contributed by atoms with van der Waals surface area (Å²) in [5.41, 5.74) is 0.942. The van der Waals surface area contributed by atoms with E-state index >= 15 is 0 Å². The van der Waals surface area contributed by atoms with Crippen LogP contribution in [0.4, 0.5) is 11.4 Å². The van der Waals surface area contributed by atoms with E-state index in [1.807, 2.05) is 0 Å². The van der Waals surface area contributed by atoms with Crippen LogP contribution in [0.2, 0.25) is 0 Å². The van der Waals surface area contributed by atoms with Crippen molar-refractivity contribution in [2.24, 2.45) is 5.92 Å². The van der Waals surface area contributed by atoms with Gasteiger partial charge in [0.05, 0.1) is 18.1 Å². The van der Waals surface area contributed by atoms with E-state index in [1.54, 1.807) is 12.1 Å². The van der Waals surface area contributed by atoms with Gasteiger partial charge in [0, 0.05) is 36.3 Å². The van der Waals surface area contributed by atoms with Gasteiger partial charge in [0.1, 0.15) is 0 Å². The van der Waals surface area contributed by atoms with Gasteiger partial charge in [-0.1, -0.05) is 12.8 Å². The van der Waals surface area contributed by atoms with Crippen LogP contribution in [0.1, 0.15) is 38.5 Å². The Hall–Kier alpha value is -1.82. The molecule has 1 saturated carbocycles. The molecule has 23 heavy (non-hydrogen) atoms. The summed E-state index contributed by atoms with van der Waals surface area (Å²) in [5, 5.41) is 21.4. The molecule has 1 saturated heterocycles. The maximum absolute atomic E-state index is 11.0. The van der Waals surface area contributed by atoms with E-state index in [1.165, 1.54) is 19.6 Å². The van der Waals surface area contributed by atoms with Gasteiger partial charge in [-0.2, -0.15) is 0 Å². The lowest BCUT2D eigenvalue weighted by Crippen LogP contribution is -2.42. The number of nitro benzene ring substituents is 1. The molecule has 3 atom stereocenters. The van der Waals surface area contributed by atoms with Gasteiger partial charge in [0.2, 0.25) is 0 Å². The highest BCUT2D eigenvalue weighted by Gasteiger charge is 2.37. The number of anilines is 1. The molecule has 0 spiro atoms. The van der Waals surface area contributed by atoms with E-state index < -0.39 is 4.92 Å². The Bertz CT molecular complexity index is 578. The van der Waals surface area contributed by atoms with Crippen LogP contribution in [-0.4, -0.2) is 35.8 Å². The van der Waals surface area contributed by atoms with Gasteiger partial charge in [0.15, 0.2) is 5.75 Å². The fourth-order valence-electron chi connectivity index (χ4n) is 4.14. The molecular formula is C17H24N2O4. The number of hydrogen-bond acceptors (Lipinski definition) is 5. The maximum atomic E-state index is 11.0. The average molecular weight is 320 g/mol. The number of aliphatic hydroxyl groups excluding tert-OH is 1. The summed E-state index contributed by atoms with van der Waals surface area (Å²) in [5.74, 6) is 0.592. The fourth-order valence-corrected chi connectivity index (χ4v) is 4.14. The van der Waals surface area contributed by atoms with E-state index in [-0.39, 0.29) is 11.8 Å². The van der Waals surface area contributed by atoms with Crippen LogP contribution in [0.15, 0.2) is 18.2 Å². The van der Waals surface area contributed by atoms with Crippen LogP contribution in [0.25, 0.3) is 0 Å². The van der Waals surface area contributed by atoms with Crippen molar-refractivity contribution in [3.05, 3.63) is 28.3 Å². The molecule has 0 aromatic heterocycles. The number of hydrogen-bond donors (Lipinski definition) is 1. The summed E-state index contributed by atoms with van der Waals surface area (Å²) in [6, 6.07) is 5.39. The van der Waals surface area contributed by atoms with Crippen molar-refractivity contribution in [3.63, 3.8) is 0 Å². The zero-order valence-electron chi connectivity index (χ0n) is 13.5. The molecule has 1 N–H and O–H groups in total. The predicted octanol–water partition coefficient (Wildman–Crippen LogP) is 3.12. The molecule has 3 rings (SSSR count). The number of benzene rings is 1. The monoisotopic (exact) mass is 320 g/mol. The van der Waals surface area contributed by atoms with Crippen molar-refractivity contribution in [2.75, 3.05) is 18.6 Å². The maximum Gasteiger partial charge on any atom is 0.311 e. The molecule has 0 radical (unpaired) electrons. The van der Waals surface area contributed by atoms with Crippen molar-refractivity contribution in [1.29, 1.82) is 0 Å². The molecule has 126 valence electrons. The van der Waals surface area contributed by atoms with Crippen molar-refractivity contribution in [3.8, 4) is 5.75 Å². The molecule has 2 fully saturated rings. The summed E-state index contributed by atoms with van der Waals surface area (Å²) in [6.07, 6.45) is 6.17. The number of rotatable bonds is 4. The fraction of sp³-hybridized carbons (Fsp3) is 0.647. The van der Waals surface area contributed by atoms with Crippen LogP contribution < -0.4 is 9.64 Å². The smallest absolute Gasteiger partial charge is 0.311 e. The van der Waals surface area contributed by atoms with E-state index in [4.69, 9.17) is 4.74 Å². The largest absolute Gasteiger partial charge is 0.490 e. The summed E-state index contributed by atoms with van der Waals surface area (Å²) in [6.45, 7) is 0.925. The normalized spacial score (nSPS) is 27.9. The summed E-state index contributed by atoms with van der Waals surface area (Å²) < 4.78 is 5.19. The van der Waals surface area contributed by atoms with Crippen molar-refractivity contribution in [1.82, 2.24) is 0 Å². The minimum absolute atomic E-state index is 0.00954. The van der Waals surface area contributed by atoms with Crippen LogP contribution in [0.3, 0.4) is 0 Å². The molecule has 2 aliphatic rings. The van der Waals surface area contributed by atoms with Gasteiger partial charge in [0.25, 0.3) is 0 Å². The lowest BCUT2D eigenvalue weighted by atomic mass is 9.80. The van der Waals surface area contributed by atoms with E-state index in [2.05, 4.69) is 4.90 Å². The average Bonchev–Trinajstić information content (AvgIpc) is 3.04. The first kappa shape index (κ1) is 16.1. The first-order valence-electron chi connectivity index (χ1n) is 8.39. The standard InChI is InChI=1S/C17H24N2O4/c1-23-17-11-12(8-9-15(17)19(21)22)18-10-4-6-14(18)13-5-2-3-7-16(13)20/h8-9,11,13-14,16,20H,2-7,10H2,1H3/t13-,14-,16+/m1/s1. The Labute approximate surface area is 136 Å². The second kappa shape index (κ2) is 6.74. The van der Waals surface area contributed by atoms with E-state index in [0.29, 0.717) is 17.7 Å². The lowest BCUT2D eigenvalue weighted by molar-refractivity contribution is -0.385.